The molecular formula is C21H26N4O. The molecule has 1 aliphatic heterocycles. The zero-order valence-corrected chi connectivity index (χ0v) is 16.0. The van der Waals surface area contributed by atoms with Crippen LogP contribution >= 0.6 is 0 Å². The van der Waals surface area contributed by atoms with E-state index in [4.69, 9.17) is 4.98 Å². The maximum atomic E-state index is 13.0. The molecule has 3 aromatic rings. The highest BCUT2D eigenvalue weighted by Crippen LogP contribution is 2.23. The number of nitrogens with one attached hydrogen (secondary N) is 1. The highest BCUT2D eigenvalue weighted by atomic mass is 16.1. The van der Waals surface area contributed by atoms with E-state index < -0.39 is 0 Å². The number of hydrogen-bond acceptors (Lipinski definition) is 3. The predicted molar refractivity (Wildman–Crippen MR) is 104 cm³/mol. The molecule has 0 fully saturated rings. The van der Waals surface area contributed by atoms with Gasteiger partial charge in [-0.05, 0) is 12.5 Å². The second kappa shape index (κ2) is 6.09. The molecule has 0 bridgehead atoms. The van der Waals surface area contributed by atoms with Crippen LogP contribution in [0.5, 0.6) is 0 Å². The molecular weight excluding hydrogens is 324 g/mol. The van der Waals surface area contributed by atoms with Gasteiger partial charge in [-0.15, -0.1) is 0 Å². The Hall–Kier alpha value is -2.40. The lowest BCUT2D eigenvalue weighted by Crippen LogP contribution is -2.36. The molecule has 4 rings (SSSR count). The van der Waals surface area contributed by atoms with Crippen molar-refractivity contribution in [3.63, 3.8) is 0 Å². The van der Waals surface area contributed by atoms with Crippen molar-refractivity contribution in [3.05, 3.63) is 68.8 Å². The zero-order valence-electron chi connectivity index (χ0n) is 16.0. The van der Waals surface area contributed by atoms with Gasteiger partial charge in [0.1, 0.15) is 0 Å². The molecule has 2 aromatic heterocycles. The Kier molecular flexibility index (Phi) is 3.99. The van der Waals surface area contributed by atoms with Crippen LogP contribution in [0.25, 0.3) is 5.65 Å². The third-order valence-corrected chi connectivity index (χ3v) is 5.14. The summed E-state index contributed by atoms with van der Waals surface area (Å²) in [6.45, 7) is 11.0. The predicted octanol–water partition coefficient (Wildman–Crippen LogP) is 3.19. The minimum atomic E-state index is -0.0438. The molecule has 0 atom stereocenters. The lowest BCUT2D eigenvalue weighted by Gasteiger charge is -2.27. The van der Waals surface area contributed by atoms with Crippen LogP contribution in [0, 0.1) is 6.92 Å². The number of nitrogens with zero attached hydrogens (tertiary/aromatic N) is 3. The monoisotopic (exact) mass is 350 g/mol. The largest absolute Gasteiger partial charge is 0.294 e. The van der Waals surface area contributed by atoms with Gasteiger partial charge in [0.05, 0.1) is 11.3 Å². The van der Waals surface area contributed by atoms with Crippen LogP contribution in [0.3, 0.4) is 0 Å². The van der Waals surface area contributed by atoms with E-state index in [-0.39, 0.29) is 11.0 Å². The average molecular weight is 350 g/mol. The first kappa shape index (κ1) is 17.0. The molecule has 26 heavy (non-hydrogen) atoms. The fourth-order valence-corrected chi connectivity index (χ4v) is 3.63. The van der Waals surface area contributed by atoms with Crippen molar-refractivity contribution in [1.29, 1.82) is 0 Å². The molecule has 3 heterocycles. The number of fused-ring (bicyclic) bond motifs is 2. The van der Waals surface area contributed by atoms with E-state index >= 15 is 0 Å². The Morgan fingerprint density at radius 2 is 2.04 bits per heavy atom. The minimum absolute atomic E-state index is 0.0365. The van der Waals surface area contributed by atoms with Gasteiger partial charge in [0, 0.05) is 43.2 Å². The number of rotatable bonds is 2. The lowest BCUT2D eigenvalue weighted by molar-refractivity contribution is 0.241. The van der Waals surface area contributed by atoms with Crippen molar-refractivity contribution in [1.82, 2.24) is 19.5 Å². The van der Waals surface area contributed by atoms with Gasteiger partial charge >= 0.3 is 0 Å². The van der Waals surface area contributed by atoms with E-state index in [1.807, 2.05) is 6.07 Å². The first-order chi connectivity index (χ1) is 12.3. The average Bonchev–Trinajstić information content (AvgIpc) is 3.00. The summed E-state index contributed by atoms with van der Waals surface area (Å²) in [5.41, 5.74) is 6.08. The smallest absolute Gasteiger partial charge is 0.277 e. The van der Waals surface area contributed by atoms with E-state index in [0.29, 0.717) is 6.54 Å². The van der Waals surface area contributed by atoms with Gasteiger partial charge in [-0.3, -0.25) is 14.8 Å². The van der Waals surface area contributed by atoms with Crippen molar-refractivity contribution < 1.29 is 0 Å². The molecule has 0 saturated heterocycles. The van der Waals surface area contributed by atoms with Crippen LogP contribution in [-0.2, 0) is 24.9 Å². The van der Waals surface area contributed by atoms with E-state index in [2.05, 4.69) is 62.0 Å². The summed E-state index contributed by atoms with van der Waals surface area (Å²) in [7, 11) is 0. The van der Waals surface area contributed by atoms with Gasteiger partial charge in [-0.1, -0.05) is 50.6 Å². The first-order valence-corrected chi connectivity index (χ1v) is 9.23. The topological polar surface area (TPSA) is 53.4 Å². The maximum Gasteiger partial charge on any atom is 0.277 e. The molecule has 0 spiro atoms. The molecule has 1 aromatic carbocycles. The van der Waals surface area contributed by atoms with Crippen LogP contribution in [0.15, 0.2) is 35.1 Å². The molecule has 1 N–H and O–H groups in total. The normalized spacial score (nSPS) is 15.4. The highest BCUT2D eigenvalue weighted by molar-refractivity contribution is 5.43. The first-order valence-electron chi connectivity index (χ1n) is 9.23. The molecule has 0 saturated carbocycles. The van der Waals surface area contributed by atoms with Crippen molar-refractivity contribution in [3.8, 4) is 0 Å². The van der Waals surface area contributed by atoms with Gasteiger partial charge < -0.3 is 0 Å². The molecule has 136 valence electrons. The van der Waals surface area contributed by atoms with Crippen molar-refractivity contribution in [2.45, 2.75) is 52.6 Å². The quantitative estimate of drug-likeness (QED) is 0.772. The van der Waals surface area contributed by atoms with Crippen LogP contribution < -0.4 is 5.56 Å². The van der Waals surface area contributed by atoms with Gasteiger partial charge in [0.25, 0.3) is 5.56 Å². The number of aryl methyl sites for hydroxylation is 1. The number of aromatic amines is 1. The Morgan fingerprint density at radius 3 is 2.77 bits per heavy atom. The van der Waals surface area contributed by atoms with Gasteiger partial charge in [-0.25, -0.2) is 9.50 Å². The second-order valence-electron chi connectivity index (χ2n) is 8.41. The summed E-state index contributed by atoms with van der Waals surface area (Å²) < 4.78 is 1.61. The number of benzene rings is 1. The molecule has 0 amide bonds. The SMILES string of the molecule is Cc1cccc(CN2CCc3nc4cc(C(C)(C)C)[nH]n4c(=O)c3C2)c1. The number of aromatic nitrogens is 3. The van der Waals surface area contributed by atoms with Gasteiger partial charge in [0.2, 0.25) is 0 Å². The lowest BCUT2D eigenvalue weighted by atomic mass is 9.93. The van der Waals surface area contributed by atoms with Crippen LogP contribution in [0.1, 0.15) is 48.8 Å². The maximum absolute atomic E-state index is 13.0. The summed E-state index contributed by atoms with van der Waals surface area (Å²) in [6.07, 6.45) is 0.822. The Labute approximate surface area is 153 Å². The summed E-state index contributed by atoms with van der Waals surface area (Å²) in [4.78, 5) is 20.1. The summed E-state index contributed by atoms with van der Waals surface area (Å²) >= 11 is 0. The standard InChI is InChI=1S/C21H26N4O/c1-14-6-5-7-15(10-14)12-24-9-8-17-16(13-24)20(26)25-19(22-17)11-18(23-25)21(2,3)4/h5-7,10-11,23H,8-9,12-13H2,1-4H3. The summed E-state index contributed by atoms with van der Waals surface area (Å²) in [5.74, 6) is 0. The van der Waals surface area contributed by atoms with Crippen LogP contribution in [0.4, 0.5) is 0 Å². The van der Waals surface area contributed by atoms with Crippen molar-refractivity contribution in [2.75, 3.05) is 6.54 Å². The highest BCUT2D eigenvalue weighted by Gasteiger charge is 2.24. The third-order valence-electron chi connectivity index (χ3n) is 5.14. The molecule has 1 aliphatic rings. The molecule has 0 aliphatic carbocycles. The molecule has 5 nitrogen and oxygen atoms in total. The van der Waals surface area contributed by atoms with E-state index in [9.17, 15) is 4.79 Å². The summed E-state index contributed by atoms with van der Waals surface area (Å²) in [5, 5.41) is 3.25. The fraction of sp³-hybridized carbons (Fsp3) is 0.429. The van der Waals surface area contributed by atoms with E-state index in [1.165, 1.54) is 11.1 Å². The Balaban J connectivity index is 1.67. The third kappa shape index (κ3) is 3.07. The second-order valence-corrected chi connectivity index (χ2v) is 8.41. The van der Waals surface area contributed by atoms with Crippen LogP contribution in [0.2, 0.25) is 0 Å². The van der Waals surface area contributed by atoms with Crippen molar-refractivity contribution >= 4 is 5.65 Å². The van der Waals surface area contributed by atoms with Crippen LogP contribution in [-0.4, -0.2) is 26.0 Å². The minimum Gasteiger partial charge on any atom is -0.294 e. The zero-order chi connectivity index (χ0) is 18.5. The number of hydrogen-bond donors (Lipinski definition) is 1. The Morgan fingerprint density at radius 1 is 1.23 bits per heavy atom. The number of H-pyrrole nitrogens is 1. The van der Waals surface area contributed by atoms with E-state index in [1.54, 1.807) is 4.52 Å². The van der Waals surface area contributed by atoms with Gasteiger partial charge in [0.15, 0.2) is 5.65 Å². The molecule has 5 heteroatoms. The summed E-state index contributed by atoms with van der Waals surface area (Å²) in [6, 6.07) is 10.6. The molecule has 0 unspecified atom stereocenters. The van der Waals surface area contributed by atoms with Crippen molar-refractivity contribution in [2.24, 2.45) is 0 Å². The Bertz CT molecular complexity index is 1020. The fourth-order valence-electron chi connectivity index (χ4n) is 3.63. The van der Waals surface area contributed by atoms with Gasteiger partial charge in [-0.2, -0.15) is 0 Å². The van der Waals surface area contributed by atoms with E-state index in [0.717, 1.165) is 42.1 Å². The molecule has 0 radical (unpaired) electrons.